The first kappa shape index (κ1) is 17.7. The Bertz CT molecular complexity index is 874. The van der Waals surface area contributed by atoms with Crippen LogP contribution in [0.15, 0.2) is 47.0 Å². The maximum Gasteiger partial charge on any atom is 0.311 e. The van der Waals surface area contributed by atoms with E-state index < -0.39 is 5.97 Å². The van der Waals surface area contributed by atoms with Gasteiger partial charge in [0.25, 0.3) is 0 Å². The zero-order chi connectivity index (χ0) is 17.8. The van der Waals surface area contributed by atoms with Gasteiger partial charge in [0.15, 0.2) is 5.75 Å². The number of esters is 1. The number of hydrogen-bond donors (Lipinski definition) is 0. The maximum absolute atomic E-state index is 12.0. The van der Waals surface area contributed by atoms with E-state index in [1.54, 1.807) is 0 Å². The van der Waals surface area contributed by atoms with Crippen LogP contribution in [0.1, 0.15) is 12.3 Å². The minimum atomic E-state index is -0.523. The summed E-state index contributed by atoms with van der Waals surface area (Å²) in [5.41, 5.74) is 0.833. The molecule has 0 radical (unpaired) electrons. The van der Waals surface area contributed by atoms with Crippen molar-refractivity contribution < 1.29 is 14.1 Å². The number of halogens is 3. The SMILES string of the molecule is O=C(CCc1nc(-c2ccccc2)no1)Oc1c(Cl)cc(Cl)cc1Cl. The van der Waals surface area contributed by atoms with Gasteiger partial charge in [-0.15, -0.1) is 0 Å². The zero-order valence-corrected chi connectivity index (χ0v) is 15.0. The molecule has 3 aromatic rings. The molecule has 25 heavy (non-hydrogen) atoms. The van der Waals surface area contributed by atoms with Crippen molar-refractivity contribution >= 4 is 40.8 Å². The number of carbonyl (C=O) groups excluding carboxylic acids is 1. The Morgan fingerprint density at radius 3 is 2.44 bits per heavy atom. The van der Waals surface area contributed by atoms with Crippen molar-refractivity contribution in [3.63, 3.8) is 0 Å². The van der Waals surface area contributed by atoms with E-state index >= 15 is 0 Å². The molecule has 3 rings (SSSR count). The third-order valence-electron chi connectivity index (χ3n) is 3.22. The van der Waals surface area contributed by atoms with Crippen molar-refractivity contribution in [1.29, 1.82) is 0 Å². The highest BCUT2D eigenvalue weighted by Gasteiger charge is 2.15. The van der Waals surface area contributed by atoms with Crippen molar-refractivity contribution in [2.24, 2.45) is 0 Å². The first-order chi connectivity index (χ1) is 12.0. The first-order valence-electron chi connectivity index (χ1n) is 7.26. The third-order valence-corrected chi connectivity index (χ3v) is 4.00. The lowest BCUT2D eigenvalue weighted by molar-refractivity contribution is -0.134. The molecule has 1 heterocycles. The second-order valence-electron chi connectivity index (χ2n) is 5.05. The predicted octanol–water partition coefficient (Wildman–Crippen LogP) is 5.24. The summed E-state index contributed by atoms with van der Waals surface area (Å²) in [7, 11) is 0. The summed E-state index contributed by atoms with van der Waals surface area (Å²) in [6, 6.07) is 12.3. The predicted molar refractivity (Wildman–Crippen MR) is 95.2 cm³/mol. The second kappa shape index (κ2) is 7.87. The topological polar surface area (TPSA) is 65.2 Å². The average Bonchev–Trinajstić information content (AvgIpc) is 3.06. The van der Waals surface area contributed by atoms with Crippen LogP contribution >= 0.6 is 34.8 Å². The van der Waals surface area contributed by atoms with Crippen LogP contribution in [-0.4, -0.2) is 16.1 Å². The van der Waals surface area contributed by atoms with Crippen molar-refractivity contribution in [1.82, 2.24) is 10.1 Å². The van der Waals surface area contributed by atoms with Crippen LogP contribution in [0.5, 0.6) is 5.75 Å². The molecule has 0 N–H and O–H groups in total. The summed E-state index contributed by atoms with van der Waals surface area (Å²) in [4.78, 5) is 16.2. The first-order valence-corrected chi connectivity index (χ1v) is 8.39. The fourth-order valence-electron chi connectivity index (χ4n) is 2.06. The fraction of sp³-hybridized carbons (Fsp3) is 0.118. The fourth-order valence-corrected chi connectivity index (χ4v) is 2.96. The minimum Gasteiger partial charge on any atom is -0.423 e. The van der Waals surface area contributed by atoms with Crippen LogP contribution in [0.25, 0.3) is 11.4 Å². The zero-order valence-electron chi connectivity index (χ0n) is 12.7. The molecule has 0 unspecified atom stereocenters. The number of hydrogen-bond acceptors (Lipinski definition) is 5. The van der Waals surface area contributed by atoms with E-state index in [2.05, 4.69) is 10.1 Å². The smallest absolute Gasteiger partial charge is 0.311 e. The molecule has 1 aromatic heterocycles. The van der Waals surface area contributed by atoms with Crippen LogP contribution in [0, 0.1) is 0 Å². The van der Waals surface area contributed by atoms with E-state index in [9.17, 15) is 4.79 Å². The second-order valence-corrected chi connectivity index (χ2v) is 6.30. The van der Waals surface area contributed by atoms with Crippen LogP contribution in [0.2, 0.25) is 15.1 Å². The molecule has 0 spiro atoms. The molecule has 0 aliphatic carbocycles. The summed E-state index contributed by atoms with van der Waals surface area (Å²) < 4.78 is 10.3. The van der Waals surface area contributed by atoms with E-state index in [-0.39, 0.29) is 28.6 Å². The number of rotatable bonds is 5. The summed E-state index contributed by atoms with van der Waals surface area (Å²) >= 11 is 17.8. The lowest BCUT2D eigenvalue weighted by Crippen LogP contribution is -2.10. The summed E-state index contributed by atoms with van der Waals surface area (Å²) in [6.45, 7) is 0. The van der Waals surface area contributed by atoms with Gasteiger partial charge in [-0.25, -0.2) is 0 Å². The Kier molecular flexibility index (Phi) is 5.58. The van der Waals surface area contributed by atoms with E-state index in [0.29, 0.717) is 16.7 Å². The van der Waals surface area contributed by atoms with Crippen LogP contribution in [0.3, 0.4) is 0 Å². The summed E-state index contributed by atoms with van der Waals surface area (Å²) in [5, 5.41) is 4.57. The van der Waals surface area contributed by atoms with E-state index in [0.717, 1.165) is 5.56 Å². The maximum atomic E-state index is 12.0. The molecule has 0 amide bonds. The van der Waals surface area contributed by atoms with Gasteiger partial charge < -0.3 is 9.26 Å². The Labute approximate surface area is 158 Å². The van der Waals surface area contributed by atoms with E-state index in [1.165, 1.54) is 12.1 Å². The van der Waals surface area contributed by atoms with Gasteiger partial charge >= 0.3 is 5.97 Å². The number of aromatic nitrogens is 2. The highest BCUT2D eigenvalue weighted by atomic mass is 35.5. The Morgan fingerprint density at radius 1 is 1.08 bits per heavy atom. The van der Waals surface area contributed by atoms with Crippen LogP contribution in [-0.2, 0) is 11.2 Å². The third kappa shape index (κ3) is 4.51. The van der Waals surface area contributed by atoms with Gasteiger partial charge in [0, 0.05) is 17.0 Å². The molecule has 0 aliphatic rings. The molecule has 0 bridgehead atoms. The molecule has 0 saturated heterocycles. The molecule has 128 valence electrons. The minimum absolute atomic E-state index is 0.0334. The van der Waals surface area contributed by atoms with Crippen LogP contribution in [0.4, 0.5) is 0 Å². The standard InChI is InChI=1S/C17H11Cl3N2O3/c18-11-8-12(19)16(13(20)9-11)24-15(23)7-6-14-21-17(22-25-14)10-4-2-1-3-5-10/h1-5,8-9H,6-7H2. The number of carbonyl (C=O) groups is 1. The molecule has 0 aliphatic heterocycles. The number of aryl methyl sites for hydroxylation is 1. The van der Waals surface area contributed by atoms with Gasteiger partial charge in [-0.3, -0.25) is 4.79 Å². The molecular weight excluding hydrogens is 387 g/mol. The summed E-state index contributed by atoms with van der Waals surface area (Å²) in [5.74, 6) is 0.357. The van der Waals surface area contributed by atoms with Crippen molar-refractivity contribution in [2.45, 2.75) is 12.8 Å². The van der Waals surface area contributed by atoms with Gasteiger partial charge in [-0.2, -0.15) is 4.98 Å². The molecule has 2 aromatic carbocycles. The molecule has 8 heteroatoms. The Balaban J connectivity index is 1.61. The van der Waals surface area contributed by atoms with Gasteiger partial charge in [-0.05, 0) is 12.1 Å². The number of benzene rings is 2. The Hall–Kier alpha value is -2.08. The quantitative estimate of drug-likeness (QED) is 0.435. The normalized spacial score (nSPS) is 10.7. The molecule has 0 fully saturated rings. The van der Waals surface area contributed by atoms with E-state index in [4.69, 9.17) is 44.1 Å². The van der Waals surface area contributed by atoms with Gasteiger partial charge in [0.05, 0.1) is 16.5 Å². The lowest BCUT2D eigenvalue weighted by atomic mass is 10.2. The monoisotopic (exact) mass is 396 g/mol. The van der Waals surface area contributed by atoms with Crippen molar-refractivity contribution in [3.05, 3.63) is 63.4 Å². The van der Waals surface area contributed by atoms with E-state index in [1.807, 2.05) is 30.3 Å². The van der Waals surface area contributed by atoms with Gasteiger partial charge in [-0.1, -0.05) is 70.3 Å². The van der Waals surface area contributed by atoms with Gasteiger partial charge in [0.1, 0.15) is 0 Å². The lowest BCUT2D eigenvalue weighted by Gasteiger charge is -2.08. The molecule has 0 saturated carbocycles. The average molecular weight is 398 g/mol. The molecule has 5 nitrogen and oxygen atoms in total. The number of ether oxygens (including phenoxy) is 1. The van der Waals surface area contributed by atoms with Crippen molar-refractivity contribution in [2.75, 3.05) is 0 Å². The van der Waals surface area contributed by atoms with Gasteiger partial charge in [0.2, 0.25) is 11.7 Å². The Morgan fingerprint density at radius 2 is 1.76 bits per heavy atom. The molecular formula is C17H11Cl3N2O3. The number of nitrogens with zero attached hydrogens (tertiary/aromatic N) is 2. The highest BCUT2D eigenvalue weighted by Crippen LogP contribution is 2.36. The van der Waals surface area contributed by atoms with Crippen molar-refractivity contribution in [3.8, 4) is 17.1 Å². The largest absolute Gasteiger partial charge is 0.423 e. The highest BCUT2D eigenvalue weighted by molar-refractivity contribution is 6.40. The van der Waals surface area contributed by atoms with Crippen LogP contribution < -0.4 is 4.74 Å². The summed E-state index contributed by atoms with van der Waals surface area (Å²) in [6.07, 6.45) is 0.271. The molecule has 0 atom stereocenters.